The van der Waals surface area contributed by atoms with Crippen molar-refractivity contribution in [2.75, 3.05) is 24.7 Å². The summed E-state index contributed by atoms with van der Waals surface area (Å²) in [6, 6.07) is 8.02. The van der Waals surface area contributed by atoms with E-state index in [1.165, 1.54) is 30.3 Å². The van der Waals surface area contributed by atoms with E-state index in [9.17, 15) is 31.9 Å². The summed E-state index contributed by atoms with van der Waals surface area (Å²) in [4.78, 5) is 38.9. The number of benzene rings is 2. The van der Waals surface area contributed by atoms with Crippen LogP contribution >= 0.6 is 23.2 Å². The largest absolute Gasteiger partial charge is 0.523 e. The molecule has 40 heavy (non-hydrogen) atoms. The number of nitrogens with zero attached hydrogens (tertiary/aromatic N) is 1. The van der Waals surface area contributed by atoms with Crippen molar-refractivity contribution in [2.45, 2.75) is 42.8 Å². The van der Waals surface area contributed by atoms with Gasteiger partial charge in [-0.05, 0) is 49.6 Å². The van der Waals surface area contributed by atoms with Gasteiger partial charge in [-0.1, -0.05) is 23.2 Å². The van der Waals surface area contributed by atoms with Crippen LogP contribution in [0, 0.1) is 5.82 Å². The fraction of sp³-hybridized carbons (Fsp3) is 0.400. The molecule has 9 nitrogen and oxygen atoms in total. The topological polar surface area (TPSA) is 106 Å². The summed E-state index contributed by atoms with van der Waals surface area (Å²) < 4.78 is 65.7. The highest BCUT2D eigenvalue weighted by Crippen LogP contribution is 2.60. The molecule has 1 heterocycles. The molecule has 214 valence electrons. The lowest BCUT2D eigenvalue weighted by Gasteiger charge is -2.70. The fourth-order valence-electron chi connectivity index (χ4n) is 5.29. The van der Waals surface area contributed by atoms with Crippen molar-refractivity contribution in [3.05, 3.63) is 52.3 Å². The maximum absolute atomic E-state index is 13.5. The standard InChI is InChI=1S/C25H21Cl2F4N3O6/c26-13-1-4-18-17(5-13)34(21(36)9-39-25(29,30)31)7-19(40-18)22(37)33-24-10-23(11-24,12-24)32-20(35)8-38-14-2-3-15(27)16(28)6-14/h1-6,19H,7-12H2,(H,32,35)(H,33,37). The minimum Gasteiger partial charge on any atom is -0.484 e. The molecule has 1 aliphatic heterocycles. The van der Waals surface area contributed by atoms with Crippen LogP contribution in [0.5, 0.6) is 11.5 Å². The molecule has 2 aromatic rings. The second-order valence-electron chi connectivity index (χ2n) is 9.95. The number of halogens is 6. The van der Waals surface area contributed by atoms with Gasteiger partial charge in [0.1, 0.15) is 23.9 Å². The molecule has 3 saturated carbocycles. The number of hydrogen-bond acceptors (Lipinski definition) is 6. The van der Waals surface area contributed by atoms with E-state index in [4.69, 9.17) is 32.7 Å². The first kappa shape index (κ1) is 28.2. The van der Waals surface area contributed by atoms with Crippen molar-refractivity contribution in [2.24, 2.45) is 0 Å². The van der Waals surface area contributed by atoms with Crippen LogP contribution in [0.1, 0.15) is 19.3 Å². The smallest absolute Gasteiger partial charge is 0.484 e. The summed E-state index contributed by atoms with van der Waals surface area (Å²) in [5.41, 5.74) is -1.00. The van der Waals surface area contributed by atoms with Crippen molar-refractivity contribution in [3.63, 3.8) is 0 Å². The molecule has 4 aliphatic rings. The van der Waals surface area contributed by atoms with Crippen molar-refractivity contribution in [3.8, 4) is 11.5 Å². The third-order valence-electron chi connectivity index (χ3n) is 6.87. The van der Waals surface area contributed by atoms with Crippen LogP contribution < -0.4 is 25.0 Å². The zero-order valence-electron chi connectivity index (χ0n) is 20.4. The molecule has 1 unspecified atom stereocenters. The second kappa shape index (κ2) is 10.3. The monoisotopic (exact) mass is 605 g/mol. The summed E-state index contributed by atoms with van der Waals surface area (Å²) in [6.07, 6.45) is -4.90. The number of carbonyl (C=O) groups is 3. The molecule has 15 heteroatoms. The summed E-state index contributed by atoms with van der Waals surface area (Å²) >= 11 is 11.6. The maximum atomic E-state index is 13.5. The average Bonchev–Trinajstić information content (AvgIpc) is 2.84. The summed E-state index contributed by atoms with van der Waals surface area (Å²) in [5.74, 6) is -2.45. The number of amides is 3. The van der Waals surface area contributed by atoms with E-state index in [1.807, 2.05) is 0 Å². The Bertz CT molecular complexity index is 1350. The Morgan fingerprint density at radius 1 is 1.02 bits per heavy atom. The minimum absolute atomic E-state index is 0.0694. The van der Waals surface area contributed by atoms with Gasteiger partial charge >= 0.3 is 6.36 Å². The van der Waals surface area contributed by atoms with E-state index in [0.717, 1.165) is 11.0 Å². The van der Waals surface area contributed by atoms with Crippen LogP contribution in [0.25, 0.3) is 0 Å². The Labute approximate surface area is 234 Å². The molecular weight excluding hydrogens is 585 g/mol. The Kier molecular flexibility index (Phi) is 7.26. The van der Waals surface area contributed by atoms with E-state index in [0.29, 0.717) is 19.3 Å². The van der Waals surface area contributed by atoms with Gasteiger partial charge in [0.2, 0.25) is 0 Å². The fourth-order valence-corrected chi connectivity index (χ4v) is 5.58. The molecule has 0 radical (unpaired) electrons. The van der Waals surface area contributed by atoms with Crippen LogP contribution in [-0.4, -0.2) is 61.0 Å². The van der Waals surface area contributed by atoms with Crippen molar-refractivity contribution in [1.29, 1.82) is 0 Å². The first-order valence-electron chi connectivity index (χ1n) is 11.9. The van der Waals surface area contributed by atoms with E-state index in [-0.39, 0.29) is 40.4 Å². The predicted molar refractivity (Wildman–Crippen MR) is 133 cm³/mol. The van der Waals surface area contributed by atoms with Crippen LogP contribution in [0.2, 0.25) is 10.0 Å². The molecule has 2 bridgehead atoms. The number of carbonyl (C=O) groups excluding carboxylic acids is 3. The van der Waals surface area contributed by atoms with Crippen LogP contribution in [0.3, 0.4) is 0 Å². The van der Waals surface area contributed by atoms with Gasteiger partial charge in [0.15, 0.2) is 12.7 Å². The van der Waals surface area contributed by atoms with Crippen molar-refractivity contribution >= 4 is 46.6 Å². The van der Waals surface area contributed by atoms with E-state index in [2.05, 4.69) is 15.4 Å². The average molecular weight is 606 g/mol. The van der Waals surface area contributed by atoms with E-state index >= 15 is 0 Å². The van der Waals surface area contributed by atoms with Gasteiger partial charge in [0, 0.05) is 22.2 Å². The minimum atomic E-state index is -5.01. The number of anilines is 1. The molecular formula is C25H21Cl2F4N3O6. The first-order valence-corrected chi connectivity index (χ1v) is 12.7. The lowest BCUT2D eigenvalue weighted by Crippen LogP contribution is -2.84. The third-order valence-corrected chi connectivity index (χ3v) is 7.41. The first-order chi connectivity index (χ1) is 18.8. The molecule has 3 fully saturated rings. The van der Waals surface area contributed by atoms with Gasteiger partial charge in [-0.3, -0.25) is 19.1 Å². The zero-order valence-corrected chi connectivity index (χ0v) is 22.0. The van der Waals surface area contributed by atoms with Gasteiger partial charge < -0.3 is 25.0 Å². The highest BCUT2D eigenvalue weighted by atomic mass is 35.5. The number of rotatable bonds is 8. The highest BCUT2D eigenvalue weighted by molar-refractivity contribution is 6.31. The van der Waals surface area contributed by atoms with Gasteiger partial charge in [-0.15, -0.1) is 13.2 Å². The second-order valence-corrected chi connectivity index (χ2v) is 10.8. The van der Waals surface area contributed by atoms with Gasteiger partial charge in [-0.25, -0.2) is 4.39 Å². The predicted octanol–water partition coefficient (Wildman–Crippen LogP) is 3.75. The number of fused-ring (bicyclic) bond motifs is 1. The van der Waals surface area contributed by atoms with Crippen LogP contribution in [0.4, 0.5) is 23.2 Å². The Morgan fingerprint density at radius 2 is 1.73 bits per heavy atom. The lowest BCUT2D eigenvalue weighted by atomic mass is 9.44. The quantitative estimate of drug-likeness (QED) is 0.444. The highest BCUT2D eigenvalue weighted by Gasteiger charge is 2.69. The number of nitrogens with one attached hydrogen (secondary N) is 2. The number of alkyl halides is 3. The molecule has 0 aromatic heterocycles. The molecule has 6 rings (SSSR count). The van der Waals surface area contributed by atoms with Crippen LogP contribution in [0.15, 0.2) is 36.4 Å². The third kappa shape index (κ3) is 5.91. The molecule has 3 aliphatic carbocycles. The number of hydrogen-bond donors (Lipinski definition) is 2. The van der Waals surface area contributed by atoms with Crippen molar-refractivity contribution in [1.82, 2.24) is 10.6 Å². The Morgan fingerprint density at radius 3 is 2.40 bits per heavy atom. The summed E-state index contributed by atoms with van der Waals surface area (Å²) in [7, 11) is 0. The van der Waals surface area contributed by atoms with Gasteiger partial charge in [0.05, 0.1) is 17.3 Å². The zero-order chi connectivity index (χ0) is 28.9. The Hall–Kier alpha value is -3.29. The van der Waals surface area contributed by atoms with E-state index in [1.54, 1.807) is 0 Å². The van der Waals surface area contributed by atoms with E-state index < -0.39 is 53.7 Å². The molecule has 1 atom stereocenters. The summed E-state index contributed by atoms with van der Waals surface area (Å²) in [5, 5.41) is 5.88. The lowest BCUT2D eigenvalue weighted by molar-refractivity contribution is -0.320. The maximum Gasteiger partial charge on any atom is 0.523 e. The van der Waals surface area contributed by atoms with Gasteiger partial charge in [-0.2, -0.15) is 0 Å². The molecule has 2 N–H and O–H groups in total. The molecule has 0 saturated heterocycles. The summed E-state index contributed by atoms with van der Waals surface area (Å²) in [6.45, 7) is -1.99. The normalized spacial score (nSPS) is 24.6. The Balaban J connectivity index is 1.15. The SMILES string of the molecule is O=C(COc1ccc(Cl)c(F)c1)NC12CC(NC(=O)C3CN(C(=O)COC(F)(F)F)c4cc(Cl)ccc4O3)(C1)C2. The molecule has 0 spiro atoms. The molecule has 3 amide bonds. The van der Waals surface area contributed by atoms with Crippen molar-refractivity contribution < 1.29 is 46.2 Å². The molecule has 2 aromatic carbocycles. The van der Waals surface area contributed by atoms with Crippen LogP contribution in [-0.2, 0) is 19.1 Å². The van der Waals surface area contributed by atoms with Gasteiger partial charge in [0.25, 0.3) is 17.7 Å². The number of ether oxygens (including phenoxy) is 3.